The normalized spacial score (nSPS) is 10.5. The Bertz CT molecular complexity index is 649. The fourth-order valence-corrected chi connectivity index (χ4v) is 2.51. The van der Waals surface area contributed by atoms with Gasteiger partial charge >= 0.3 is 0 Å². The van der Waals surface area contributed by atoms with Crippen LogP contribution in [0.3, 0.4) is 0 Å². The molecule has 0 atom stereocenters. The zero-order valence-electron chi connectivity index (χ0n) is 14.7. The molecule has 5 heteroatoms. The summed E-state index contributed by atoms with van der Waals surface area (Å²) in [5.41, 5.74) is 2.62. The second-order valence-electron chi connectivity index (χ2n) is 5.73. The van der Waals surface area contributed by atoms with Gasteiger partial charge < -0.3 is 10.2 Å². The van der Waals surface area contributed by atoms with E-state index in [1.165, 1.54) is 5.56 Å². The van der Waals surface area contributed by atoms with Gasteiger partial charge in [0.1, 0.15) is 5.69 Å². The Balaban J connectivity index is 2.13. The van der Waals surface area contributed by atoms with Crippen LogP contribution in [0, 0.1) is 0 Å². The average molecular weight is 326 g/mol. The average Bonchev–Trinajstić information content (AvgIpc) is 2.62. The largest absolute Gasteiger partial charge is 0.337 e. The summed E-state index contributed by atoms with van der Waals surface area (Å²) in [7, 11) is 0. The van der Waals surface area contributed by atoms with Gasteiger partial charge in [0.25, 0.3) is 5.91 Å². The van der Waals surface area contributed by atoms with Crippen LogP contribution in [-0.4, -0.2) is 33.9 Å². The third-order valence-corrected chi connectivity index (χ3v) is 3.77. The fourth-order valence-electron chi connectivity index (χ4n) is 2.51. The second-order valence-corrected chi connectivity index (χ2v) is 5.73. The number of hydrogen-bond acceptors (Lipinski definition) is 4. The molecular weight excluding hydrogens is 300 g/mol. The first-order chi connectivity index (χ1) is 11.7. The van der Waals surface area contributed by atoms with E-state index >= 15 is 0 Å². The number of aromatic nitrogens is 2. The number of anilines is 2. The van der Waals surface area contributed by atoms with Gasteiger partial charge in [-0.25, -0.2) is 9.97 Å². The van der Waals surface area contributed by atoms with Crippen molar-refractivity contribution in [3.05, 3.63) is 47.8 Å². The Hall–Kier alpha value is -2.43. The highest BCUT2D eigenvalue weighted by Crippen LogP contribution is 2.15. The predicted molar refractivity (Wildman–Crippen MR) is 97.6 cm³/mol. The Morgan fingerprint density at radius 2 is 1.71 bits per heavy atom. The maximum Gasteiger partial charge on any atom is 0.272 e. The Labute approximate surface area is 144 Å². The zero-order valence-corrected chi connectivity index (χ0v) is 14.7. The third-order valence-electron chi connectivity index (χ3n) is 3.77. The maximum absolute atomic E-state index is 12.6. The number of benzene rings is 1. The molecule has 0 aliphatic carbocycles. The number of aryl methyl sites for hydroxylation is 1. The van der Waals surface area contributed by atoms with Crippen LogP contribution < -0.4 is 5.32 Å². The summed E-state index contributed by atoms with van der Waals surface area (Å²) >= 11 is 0. The van der Waals surface area contributed by atoms with E-state index < -0.39 is 0 Å². The highest BCUT2D eigenvalue weighted by Gasteiger charge is 2.16. The van der Waals surface area contributed by atoms with Crippen molar-refractivity contribution in [2.75, 3.05) is 18.4 Å². The van der Waals surface area contributed by atoms with Gasteiger partial charge in [-0.2, -0.15) is 0 Å². The molecular formula is C19H26N4O. The summed E-state index contributed by atoms with van der Waals surface area (Å²) < 4.78 is 0. The van der Waals surface area contributed by atoms with Crippen molar-refractivity contribution in [3.8, 4) is 0 Å². The first kappa shape index (κ1) is 17.9. The van der Waals surface area contributed by atoms with Crippen LogP contribution in [0.5, 0.6) is 0 Å². The van der Waals surface area contributed by atoms with Crippen LogP contribution in [0.2, 0.25) is 0 Å². The lowest BCUT2D eigenvalue weighted by Crippen LogP contribution is -2.33. The van der Waals surface area contributed by atoms with Gasteiger partial charge in [0.2, 0.25) is 5.95 Å². The molecule has 0 aliphatic heterocycles. The van der Waals surface area contributed by atoms with Gasteiger partial charge in [0, 0.05) is 25.0 Å². The topological polar surface area (TPSA) is 58.1 Å². The summed E-state index contributed by atoms with van der Waals surface area (Å²) in [5, 5.41) is 3.16. The van der Waals surface area contributed by atoms with E-state index in [4.69, 9.17) is 0 Å². The molecule has 1 N–H and O–H groups in total. The molecule has 0 saturated heterocycles. The zero-order chi connectivity index (χ0) is 17.4. The summed E-state index contributed by atoms with van der Waals surface area (Å²) in [6, 6.07) is 9.81. The lowest BCUT2D eigenvalue weighted by molar-refractivity contribution is 0.0749. The van der Waals surface area contributed by atoms with Crippen molar-refractivity contribution < 1.29 is 4.79 Å². The van der Waals surface area contributed by atoms with E-state index in [0.29, 0.717) is 11.6 Å². The molecule has 1 aromatic heterocycles. The third kappa shape index (κ3) is 4.78. The molecule has 5 nitrogen and oxygen atoms in total. The molecule has 1 heterocycles. The first-order valence-electron chi connectivity index (χ1n) is 8.66. The van der Waals surface area contributed by atoms with Crippen molar-refractivity contribution in [1.29, 1.82) is 0 Å². The van der Waals surface area contributed by atoms with Crippen LogP contribution in [0.15, 0.2) is 36.5 Å². The monoisotopic (exact) mass is 326 g/mol. The quantitative estimate of drug-likeness (QED) is 0.795. The van der Waals surface area contributed by atoms with E-state index in [1.807, 2.05) is 17.0 Å². The molecule has 0 unspecified atom stereocenters. The Morgan fingerprint density at radius 1 is 1.04 bits per heavy atom. The molecule has 0 aliphatic rings. The van der Waals surface area contributed by atoms with Crippen molar-refractivity contribution in [1.82, 2.24) is 14.9 Å². The van der Waals surface area contributed by atoms with Crippen molar-refractivity contribution >= 4 is 17.5 Å². The summed E-state index contributed by atoms with van der Waals surface area (Å²) in [6.45, 7) is 7.76. The minimum absolute atomic E-state index is 0.0366. The van der Waals surface area contributed by atoms with Crippen molar-refractivity contribution in [2.45, 2.75) is 40.0 Å². The van der Waals surface area contributed by atoms with Gasteiger partial charge in [0.15, 0.2) is 0 Å². The minimum atomic E-state index is -0.0366. The fraction of sp³-hybridized carbons (Fsp3) is 0.421. The van der Waals surface area contributed by atoms with Gasteiger partial charge in [-0.1, -0.05) is 32.9 Å². The number of hydrogen-bond donors (Lipinski definition) is 1. The van der Waals surface area contributed by atoms with E-state index in [2.05, 4.69) is 48.2 Å². The van der Waals surface area contributed by atoms with Crippen LogP contribution in [0.25, 0.3) is 0 Å². The molecule has 0 fully saturated rings. The molecule has 0 radical (unpaired) electrons. The van der Waals surface area contributed by atoms with Crippen molar-refractivity contribution in [2.24, 2.45) is 0 Å². The van der Waals surface area contributed by atoms with Gasteiger partial charge in [0.05, 0.1) is 0 Å². The number of carbonyl (C=O) groups is 1. The molecule has 24 heavy (non-hydrogen) atoms. The lowest BCUT2D eigenvalue weighted by Gasteiger charge is -2.21. The maximum atomic E-state index is 12.6. The second kappa shape index (κ2) is 9.01. The number of carbonyl (C=O) groups excluding carboxylic acids is 1. The van der Waals surface area contributed by atoms with E-state index in [-0.39, 0.29) is 5.91 Å². The number of rotatable bonds is 8. The van der Waals surface area contributed by atoms with Gasteiger partial charge in [-0.05, 0) is 43.0 Å². The molecule has 0 saturated carbocycles. The SMILES string of the molecule is CCCN(CCC)C(=O)c1ccnc(Nc2ccc(CC)cc2)n1. The van der Waals surface area contributed by atoms with Crippen molar-refractivity contribution in [3.63, 3.8) is 0 Å². The van der Waals surface area contributed by atoms with Gasteiger partial charge in [-0.3, -0.25) is 4.79 Å². The molecule has 2 aromatic rings. The highest BCUT2D eigenvalue weighted by molar-refractivity contribution is 5.92. The molecule has 2 rings (SSSR count). The number of amides is 1. The van der Waals surface area contributed by atoms with Crippen LogP contribution in [-0.2, 0) is 6.42 Å². The standard InChI is InChI=1S/C19H26N4O/c1-4-13-23(14-5-2)18(24)17-11-12-20-19(22-17)21-16-9-7-15(6-3)8-10-16/h7-12H,4-6,13-14H2,1-3H3,(H,20,21,22). The van der Waals surface area contributed by atoms with Crippen LogP contribution >= 0.6 is 0 Å². The molecule has 1 aromatic carbocycles. The van der Waals surface area contributed by atoms with Crippen LogP contribution in [0.4, 0.5) is 11.6 Å². The molecule has 0 bridgehead atoms. The highest BCUT2D eigenvalue weighted by atomic mass is 16.2. The number of nitrogens with zero attached hydrogens (tertiary/aromatic N) is 3. The Morgan fingerprint density at radius 3 is 2.29 bits per heavy atom. The summed E-state index contributed by atoms with van der Waals surface area (Å²) in [5.74, 6) is 0.406. The predicted octanol–water partition coefficient (Wildman–Crippen LogP) is 4.04. The molecule has 128 valence electrons. The summed E-state index contributed by atoms with van der Waals surface area (Å²) in [4.78, 5) is 23.1. The number of nitrogens with one attached hydrogen (secondary N) is 1. The lowest BCUT2D eigenvalue weighted by atomic mass is 10.1. The summed E-state index contributed by atoms with van der Waals surface area (Å²) in [6.07, 6.45) is 4.50. The minimum Gasteiger partial charge on any atom is -0.337 e. The Kier molecular flexibility index (Phi) is 6.73. The molecule has 0 spiro atoms. The first-order valence-corrected chi connectivity index (χ1v) is 8.66. The smallest absolute Gasteiger partial charge is 0.272 e. The van der Waals surface area contributed by atoms with Gasteiger partial charge in [-0.15, -0.1) is 0 Å². The van der Waals surface area contributed by atoms with E-state index in [9.17, 15) is 4.79 Å². The van der Waals surface area contributed by atoms with Crippen LogP contribution in [0.1, 0.15) is 49.7 Å². The molecule has 1 amide bonds. The van der Waals surface area contributed by atoms with E-state index in [1.54, 1.807) is 12.3 Å². The van der Waals surface area contributed by atoms with E-state index in [0.717, 1.165) is 38.0 Å².